The van der Waals surface area contributed by atoms with Gasteiger partial charge < -0.3 is 0 Å². The van der Waals surface area contributed by atoms with Gasteiger partial charge in [-0.2, -0.15) is 0 Å². The zero-order chi connectivity index (χ0) is 7.56. The molecule has 1 aromatic carbocycles. The van der Waals surface area contributed by atoms with Gasteiger partial charge in [-0.15, -0.1) is 0 Å². The lowest BCUT2D eigenvalue weighted by Gasteiger charge is -1.93. The summed E-state index contributed by atoms with van der Waals surface area (Å²) in [4.78, 5) is 0. The summed E-state index contributed by atoms with van der Waals surface area (Å²) in [5.41, 5.74) is 0.321. The summed E-state index contributed by atoms with van der Waals surface area (Å²) in [5, 5.41) is 0. The first kappa shape index (κ1) is 6.93. The Hall–Kier alpha value is -1.18. The fourth-order valence-electron chi connectivity index (χ4n) is 0.667. The van der Waals surface area contributed by atoms with E-state index in [2.05, 4.69) is 6.58 Å². The van der Waals surface area contributed by atoms with Crippen molar-refractivity contribution >= 4 is 6.08 Å². The second-order valence-corrected chi connectivity index (χ2v) is 1.87. The average Bonchev–Trinajstić information content (AvgIpc) is 1.88. The van der Waals surface area contributed by atoms with Crippen molar-refractivity contribution in [2.24, 2.45) is 0 Å². The molecule has 0 N–H and O–H groups in total. The van der Waals surface area contributed by atoms with Crippen LogP contribution in [0.15, 0.2) is 24.8 Å². The molecule has 0 spiro atoms. The maximum Gasteiger partial charge on any atom is 0.133 e. The van der Waals surface area contributed by atoms with E-state index in [0.717, 1.165) is 6.07 Å². The van der Waals surface area contributed by atoms with Crippen LogP contribution in [0.4, 0.5) is 8.78 Å². The zero-order valence-corrected chi connectivity index (χ0v) is 5.27. The first-order valence-electron chi connectivity index (χ1n) is 2.81. The van der Waals surface area contributed by atoms with E-state index in [9.17, 15) is 8.78 Å². The molecule has 0 fully saturated rings. The monoisotopic (exact) mass is 140 g/mol. The van der Waals surface area contributed by atoms with Crippen LogP contribution < -0.4 is 0 Å². The molecule has 1 aromatic rings. The van der Waals surface area contributed by atoms with E-state index in [4.69, 9.17) is 0 Å². The van der Waals surface area contributed by atoms with Crippen LogP contribution in [0.3, 0.4) is 0 Å². The van der Waals surface area contributed by atoms with Crippen LogP contribution in [0.5, 0.6) is 0 Å². The minimum absolute atomic E-state index is 0.321. The highest BCUT2D eigenvalue weighted by molar-refractivity contribution is 5.47. The van der Waals surface area contributed by atoms with Gasteiger partial charge in [0.05, 0.1) is 0 Å². The number of hydrogen-bond acceptors (Lipinski definition) is 0. The van der Waals surface area contributed by atoms with E-state index in [1.54, 1.807) is 0 Å². The van der Waals surface area contributed by atoms with Crippen molar-refractivity contribution in [2.75, 3.05) is 0 Å². The van der Waals surface area contributed by atoms with E-state index in [1.165, 1.54) is 18.2 Å². The highest BCUT2D eigenvalue weighted by Crippen LogP contribution is 2.09. The maximum atomic E-state index is 12.5. The molecule has 0 aromatic heterocycles. The van der Waals surface area contributed by atoms with E-state index < -0.39 is 11.6 Å². The largest absolute Gasteiger partial charge is 0.207 e. The third-order valence-electron chi connectivity index (χ3n) is 1.18. The molecule has 0 atom stereocenters. The second-order valence-electron chi connectivity index (χ2n) is 1.87. The lowest BCUT2D eigenvalue weighted by molar-refractivity contribution is 0.581. The van der Waals surface area contributed by atoms with E-state index in [-0.39, 0.29) is 0 Å². The summed E-state index contributed by atoms with van der Waals surface area (Å²) >= 11 is 0. The summed E-state index contributed by atoms with van der Waals surface area (Å²) in [5.74, 6) is -1.14. The number of hydrogen-bond donors (Lipinski definition) is 0. The molecule has 0 heterocycles. The third-order valence-corrected chi connectivity index (χ3v) is 1.18. The van der Waals surface area contributed by atoms with E-state index in [1.807, 2.05) is 0 Å². The number of halogens is 2. The molecule has 2 heteroatoms. The molecule has 0 bridgehead atoms. The minimum Gasteiger partial charge on any atom is -0.207 e. The Kier molecular flexibility index (Phi) is 1.81. The number of benzene rings is 1. The van der Waals surface area contributed by atoms with Gasteiger partial charge in [-0.1, -0.05) is 12.7 Å². The molecule has 52 valence electrons. The summed E-state index contributed by atoms with van der Waals surface area (Å²) < 4.78 is 24.7. The van der Waals surface area contributed by atoms with Gasteiger partial charge in [-0.05, 0) is 12.1 Å². The summed E-state index contributed by atoms with van der Waals surface area (Å²) in [6.07, 6.45) is 1.34. The normalized spacial score (nSPS) is 9.40. The highest BCUT2D eigenvalue weighted by Gasteiger charge is 1.97. The molecule has 0 aliphatic heterocycles. The van der Waals surface area contributed by atoms with Gasteiger partial charge in [0.15, 0.2) is 0 Å². The fraction of sp³-hybridized carbons (Fsp3) is 0. The fourth-order valence-corrected chi connectivity index (χ4v) is 0.667. The van der Waals surface area contributed by atoms with Crippen LogP contribution >= 0.6 is 0 Å². The van der Waals surface area contributed by atoms with Crippen LogP contribution in [0, 0.1) is 11.6 Å². The van der Waals surface area contributed by atoms with Crippen molar-refractivity contribution in [1.29, 1.82) is 0 Å². The standard InChI is InChI=1S/C8H6F2/c1-2-6-3-4-7(9)5-8(6)10/h2-5H,1H2. The Morgan fingerprint density at radius 3 is 2.50 bits per heavy atom. The van der Waals surface area contributed by atoms with E-state index in [0.29, 0.717) is 5.56 Å². The van der Waals surface area contributed by atoms with Crippen LogP contribution in [0.1, 0.15) is 5.56 Å². The third kappa shape index (κ3) is 1.21. The van der Waals surface area contributed by atoms with Gasteiger partial charge in [-0.3, -0.25) is 0 Å². The molecule has 0 saturated heterocycles. The first-order chi connectivity index (χ1) is 4.74. The van der Waals surface area contributed by atoms with E-state index >= 15 is 0 Å². The van der Waals surface area contributed by atoms with Crippen molar-refractivity contribution in [3.05, 3.63) is 42.0 Å². The van der Waals surface area contributed by atoms with Gasteiger partial charge in [-0.25, -0.2) is 8.78 Å². The Labute approximate surface area is 57.8 Å². The number of rotatable bonds is 1. The van der Waals surface area contributed by atoms with Crippen molar-refractivity contribution in [1.82, 2.24) is 0 Å². The lowest BCUT2D eigenvalue weighted by Crippen LogP contribution is -1.82. The molecule has 1 rings (SSSR count). The van der Waals surface area contributed by atoms with Crippen LogP contribution in [0.25, 0.3) is 6.08 Å². The average molecular weight is 140 g/mol. The van der Waals surface area contributed by atoms with Crippen molar-refractivity contribution < 1.29 is 8.78 Å². The molecule has 10 heavy (non-hydrogen) atoms. The van der Waals surface area contributed by atoms with Crippen LogP contribution in [-0.2, 0) is 0 Å². The summed E-state index contributed by atoms with van der Waals surface area (Å²) in [6, 6.07) is 3.37. The second kappa shape index (κ2) is 2.60. The molecule has 0 radical (unpaired) electrons. The molecule has 0 nitrogen and oxygen atoms in total. The zero-order valence-electron chi connectivity index (χ0n) is 5.27. The minimum atomic E-state index is -0.574. The molecular formula is C8H6F2. The lowest BCUT2D eigenvalue weighted by atomic mass is 10.2. The van der Waals surface area contributed by atoms with Crippen molar-refractivity contribution in [2.45, 2.75) is 0 Å². The van der Waals surface area contributed by atoms with Gasteiger partial charge in [0.2, 0.25) is 0 Å². The molecule has 0 amide bonds. The maximum absolute atomic E-state index is 12.5. The quantitative estimate of drug-likeness (QED) is 0.562. The predicted molar refractivity (Wildman–Crippen MR) is 36.4 cm³/mol. The van der Waals surface area contributed by atoms with Crippen molar-refractivity contribution in [3.8, 4) is 0 Å². The Morgan fingerprint density at radius 2 is 2.00 bits per heavy atom. The van der Waals surface area contributed by atoms with Crippen LogP contribution in [0.2, 0.25) is 0 Å². The first-order valence-corrected chi connectivity index (χ1v) is 2.81. The Balaban J connectivity index is 3.19. The van der Waals surface area contributed by atoms with Gasteiger partial charge >= 0.3 is 0 Å². The van der Waals surface area contributed by atoms with Crippen molar-refractivity contribution in [3.63, 3.8) is 0 Å². The predicted octanol–water partition coefficient (Wildman–Crippen LogP) is 2.61. The molecule has 0 aliphatic carbocycles. The SMILES string of the molecule is C=Cc1ccc(F)cc1F. The molecule has 0 unspecified atom stereocenters. The topological polar surface area (TPSA) is 0 Å². The molecule has 0 saturated carbocycles. The highest BCUT2D eigenvalue weighted by atomic mass is 19.1. The molecular weight excluding hydrogens is 134 g/mol. The summed E-state index contributed by atoms with van der Waals surface area (Å²) in [7, 11) is 0. The van der Waals surface area contributed by atoms with Gasteiger partial charge in [0.1, 0.15) is 11.6 Å². The Morgan fingerprint density at radius 1 is 1.30 bits per heavy atom. The van der Waals surface area contributed by atoms with Gasteiger partial charge in [0, 0.05) is 11.6 Å². The molecule has 0 aliphatic rings. The summed E-state index contributed by atoms with van der Waals surface area (Å²) in [6.45, 7) is 3.36. The smallest absolute Gasteiger partial charge is 0.133 e. The Bertz CT molecular complexity index is 253. The van der Waals surface area contributed by atoms with Gasteiger partial charge in [0.25, 0.3) is 0 Å². The van der Waals surface area contributed by atoms with Crippen LogP contribution in [-0.4, -0.2) is 0 Å².